The lowest BCUT2D eigenvalue weighted by atomic mass is 10.0. The summed E-state index contributed by atoms with van der Waals surface area (Å²) in [6.45, 7) is 1.66. The number of benzene rings is 1. The van der Waals surface area contributed by atoms with E-state index in [0.29, 0.717) is 5.69 Å². The molecule has 96 valence electrons. The van der Waals surface area contributed by atoms with Gasteiger partial charge in [0.25, 0.3) is 0 Å². The monoisotopic (exact) mass is 248 g/mol. The van der Waals surface area contributed by atoms with Gasteiger partial charge in [0.05, 0.1) is 0 Å². The van der Waals surface area contributed by atoms with Gasteiger partial charge in [0.1, 0.15) is 12.6 Å². The number of aliphatic carboxylic acids is 1. The first-order chi connectivity index (χ1) is 8.41. The standard InChI is InChI=1S/C13H16N2O3/c1-8-4-5-10-9(6-8)12(14(2)3)13(18)15(10)7-11(16)17/h4-6,12H,7H2,1-3H3,(H,16,17)/t12-/m1/s1. The van der Waals surface area contributed by atoms with Gasteiger partial charge >= 0.3 is 5.97 Å². The Morgan fingerprint density at radius 1 is 1.44 bits per heavy atom. The average molecular weight is 248 g/mol. The molecule has 0 spiro atoms. The zero-order valence-corrected chi connectivity index (χ0v) is 10.7. The molecule has 1 aliphatic rings. The van der Waals surface area contributed by atoms with Crippen LogP contribution in [0.1, 0.15) is 17.2 Å². The molecule has 0 unspecified atom stereocenters. The lowest BCUT2D eigenvalue weighted by molar-refractivity contribution is -0.137. The maximum Gasteiger partial charge on any atom is 0.323 e. The van der Waals surface area contributed by atoms with E-state index < -0.39 is 5.97 Å². The summed E-state index contributed by atoms with van der Waals surface area (Å²) in [6, 6.07) is 5.26. The van der Waals surface area contributed by atoms with Crippen LogP contribution in [0.3, 0.4) is 0 Å². The van der Waals surface area contributed by atoms with E-state index in [2.05, 4.69) is 0 Å². The van der Waals surface area contributed by atoms with Crippen LogP contribution in [0, 0.1) is 6.92 Å². The molecule has 1 heterocycles. The molecule has 2 rings (SSSR count). The molecule has 0 saturated heterocycles. The van der Waals surface area contributed by atoms with Crippen molar-refractivity contribution < 1.29 is 14.7 Å². The molecule has 1 aromatic carbocycles. The van der Waals surface area contributed by atoms with Gasteiger partial charge in [0.15, 0.2) is 0 Å². The fourth-order valence-corrected chi connectivity index (χ4v) is 2.34. The van der Waals surface area contributed by atoms with Crippen LogP contribution >= 0.6 is 0 Å². The minimum Gasteiger partial charge on any atom is -0.480 e. The van der Waals surface area contributed by atoms with Crippen LogP contribution in [0.25, 0.3) is 0 Å². The quantitative estimate of drug-likeness (QED) is 0.868. The summed E-state index contributed by atoms with van der Waals surface area (Å²) in [5.74, 6) is -1.18. The molecule has 0 fully saturated rings. The molecule has 1 aliphatic heterocycles. The Balaban J connectivity index is 2.50. The Bertz CT molecular complexity index is 511. The van der Waals surface area contributed by atoms with Gasteiger partial charge in [-0.3, -0.25) is 19.4 Å². The van der Waals surface area contributed by atoms with Crippen LogP contribution in [0.4, 0.5) is 5.69 Å². The van der Waals surface area contributed by atoms with E-state index in [1.165, 1.54) is 4.90 Å². The molecule has 1 N–H and O–H groups in total. The van der Waals surface area contributed by atoms with Gasteiger partial charge in [-0.15, -0.1) is 0 Å². The zero-order valence-electron chi connectivity index (χ0n) is 10.7. The number of likely N-dealkylation sites (N-methyl/N-ethyl adjacent to an activating group) is 1. The molecule has 0 radical (unpaired) electrons. The second kappa shape index (κ2) is 4.42. The first-order valence-electron chi connectivity index (χ1n) is 5.72. The highest BCUT2D eigenvalue weighted by Crippen LogP contribution is 2.38. The van der Waals surface area contributed by atoms with Gasteiger partial charge in [-0.05, 0) is 27.1 Å². The van der Waals surface area contributed by atoms with E-state index in [-0.39, 0.29) is 18.5 Å². The van der Waals surface area contributed by atoms with Crippen LogP contribution in [0.15, 0.2) is 18.2 Å². The van der Waals surface area contributed by atoms with E-state index in [1.54, 1.807) is 0 Å². The lowest BCUT2D eigenvalue weighted by Crippen LogP contribution is -2.37. The fraction of sp³-hybridized carbons (Fsp3) is 0.385. The van der Waals surface area contributed by atoms with Gasteiger partial charge in [-0.1, -0.05) is 17.7 Å². The molecule has 0 saturated carbocycles. The Morgan fingerprint density at radius 2 is 2.11 bits per heavy atom. The Kier molecular flexibility index (Phi) is 3.09. The number of carbonyl (C=O) groups is 2. The largest absolute Gasteiger partial charge is 0.480 e. The second-order valence-electron chi connectivity index (χ2n) is 4.75. The topological polar surface area (TPSA) is 60.9 Å². The molecule has 18 heavy (non-hydrogen) atoms. The average Bonchev–Trinajstić information content (AvgIpc) is 2.50. The van der Waals surface area contributed by atoms with Crippen LogP contribution in [0.5, 0.6) is 0 Å². The zero-order chi connectivity index (χ0) is 13.4. The van der Waals surface area contributed by atoms with Crippen LogP contribution in [-0.2, 0) is 9.59 Å². The van der Waals surface area contributed by atoms with E-state index >= 15 is 0 Å². The number of anilines is 1. The highest BCUT2D eigenvalue weighted by Gasteiger charge is 2.39. The lowest BCUT2D eigenvalue weighted by Gasteiger charge is -2.19. The van der Waals surface area contributed by atoms with Crippen LogP contribution in [-0.4, -0.2) is 42.5 Å². The number of hydrogen-bond acceptors (Lipinski definition) is 3. The smallest absolute Gasteiger partial charge is 0.323 e. The number of fused-ring (bicyclic) bond motifs is 1. The van der Waals surface area contributed by atoms with Crippen molar-refractivity contribution in [2.24, 2.45) is 0 Å². The Hall–Kier alpha value is -1.88. The van der Waals surface area contributed by atoms with Gasteiger partial charge in [-0.25, -0.2) is 0 Å². The van der Waals surface area contributed by atoms with E-state index in [1.807, 2.05) is 44.1 Å². The minimum absolute atomic E-state index is 0.178. The highest BCUT2D eigenvalue weighted by atomic mass is 16.4. The van der Waals surface area contributed by atoms with Crippen LogP contribution in [0.2, 0.25) is 0 Å². The maximum atomic E-state index is 12.3. The Morgan fingerprint density at radius 3 is 2.67 bits per heavy atom. The number of hydrogen-bond donors (Lipinski definition) is 1. The minimum atomic E-state index is -1.01. The highest BCUT2D eigenvalue weighted by molar-refractivity contribution is 6.07. The van der Waals surface area contributed by atoms with E-state index in [9.17, 15) is 9.59 Å². The first kappa shape index (κ1) is 12.6. The van der Waals surface area contributed by atoms with Crippen molar-refractivity contribution in [2.45, 2.75) is 13.0 Å². The van der Waals surface area contributed by atoms with Gasteiger partial charge < -0.3 is 5.11 Å². The summed E-state index contributed by atoms with van der Waals surface area (Å²) in [5.41, 5.74) is 2.64. The van der Waals surface area contributed by atoms with Crippen LogP contribution < -0.4 is 4.90 Å². The van der Waals surface area contributed by atoms with E-state index in [4.69, 9.17) is 5.11 Å². The van der Waals surface area contributed by atoms with Crippen molar-refractivity contribution in [3.05, 3.63) is 29.3 Å². The number of carboxylic acids is 1. The number of carboxylic acid groups (broad SMARTS) is 1. The molecule has 5 heteroatoms. The number of rotatable bonds is 3. The molecule has 1 atom stereocenters. The normalized spacial score (nSPS) is 18.3. The predicted molar refractivity (Wildman–Crippen MR) is 67.6 cm³/mol. The molecule has 1 aromatic rings. The van der Waals surface area contributed by atoms with Crippen molar-refractivity contribution in [2.75, 3.05) is 25.5 Å². The summed E-state index contributed by atoms with van der Waals surface area (Å²) in [6.07, 6.45) is 0. The van der Waals surface area contributed by atoms with Crippen molar-refractivity contribution in [1.29, 1.82) is 0 Å². The molecular weight excluding hydrogens is 232 g/mol. The number of nitrogens with zero attached hydrogens (tertiary/aromatic N) is 2. The van der Waals surface area contributed by atoms with E-state index in [0.717, 1.165) is 11.1 Å². The summed E-state index contributed by atoms with van der Waals surface area (Å²) in [4.78, 5) is 26.3. The second-order valence-corrected chi connectivity index (χ2v) is 4.75. The number of amides is 1. The van der Waals surface area contributed by atoms with Crippen molar-refractivity contribution in [1.82, 2.24) is 4.90 Å². The molecule has 0 aliphatic carbocycles. The molecular formula is C13H16N2O3. The third-order valence-corrected chi connectivity index (χ3v) is 3.08. The molecule has 5 nitrogen and oxygen atoms in total. The van der Waals surface area contributed by atoms with Crippen molar-refractivity contribution in [3.8, 4) is 0 Å². The maximum absolute atomic E-state index is 12.3. The van der Waals surface area contributed by atoms with Gasteiger partial charge in [-0.2, -0.15) is 0 Å². The number of aryl methyl sites for hydroxylation is 1. The third kappa shape index (κ3) is 1.97. The molecule has 1 amide bonds. The summed E-state index contributed by atoms with van der Waals surface area (Å²) >= 11 is 0. The first-order valence-corrected chi connectivity index (χ1v) is 5.72. The fourth-order valence-electron chi connectivity index (χ4n) is 2.34. The summed E-state index contributed by atoms with van der Waals surface area (Å²) in [5, 5.41) is 8.89. The summed E-state index contributed by atoms with van der Waals surface area (Å²) < 4.78 is 0. The summed E-state index contributed by atoms with van der Waals surface area (Å²) in [7, 11) is 3.64. The van der Waals surface area contributed by atoms with Crippen molar-refractivity contribution >= 4 is 17.6 Å². The Labute approximate surface area is 106 Å². The third-order valence-electron chi connectivity index (χ3n) is 3.08. The molecule has 0 bridgehead atoms. The SMILES string of the molecule is Cc1ccc2c(c1)[C@@H](N(C)C)C(=O)N2CC(=O)O. The number of carbonyl (C=O) groups excluding carboxylic acids is 1. The molecule has 0 aromatic heterocycles. The van der Waals surface area contributed by atoms with Gasteiger partial charge in [0.2, 0.25) is 5.91 Å². The van der Waals surface area contributed by atoms with Gasteiger partial charge in [0, 0.05) is 11.3 Å². The van der Waals surface area contributed by atoms with Crippen molar-refractivity contribution in [3.63, 3.8) is 0 Å². The predicted octanol–water partition coefficient (Wildman–Crippen LogP) is 1.03.